The maximum absolute atomic E-state index is 13.3. The minimum Gasteiger partial charge on any atom is -0.361 e. The predicted molar refractivity (Wildman–Crippen MR) is 105 cm³/mol. The SMILES string of the molecule is CC(=O)N1CC[C@@](Cc2cc(-c3ccccc3)no2)(C(=O)NC2(C)CCC2)C1. The lowest BCUT2D eigenvalue weighted by atomic mass is 9.75. The fourth-order valence-corrected chi connectivity index (χ4v) is 4.26. The first kappa shape index (κ1) is 18.7. The molecule has 2 amide bonds. The first-order valence-corrected chi connectivity index (χ1v) is 9.98. The Balaban J connectivity index is 1.57. The number of nitrogens with zero attached hydrogens (tertiary/aromatic N) is 2. The number of hydrogen-bond acceptors (Lipinski definition) is 4. The standard InChI is InChI=1S/C22H27N3O3/c1-16(26)25-12-11-22(15-25,20(27)23-21(2)9-6-10-21)14-18-13-19(24-28-18)17-7-4-3-5-8-17/h3-5,7-8,13H,6,9-12,14-15H2,1-2H3,(H,23,27)/t22-/m0/s1. The zero-order valence-corrected chi connectivity index (χ0v) is 16.5. The molecule has 28 heavy (non-hydrogen) atoms. The van der Waals surface area contributed by atoms with Crippen LogP contribution in [0.5, 0.6) is 0 Å². The van der Waals surface area contributed by atoms with Gasteiger partial charge in [0, 0.05) is 43.6 Å². The quantitative estimate of drug-likeness (QED) is 0.863. The molecule has 2 heterocycles. The van der Waals surface area contributed by atoms with Crippen molar-refractivity contribution in [3.63, 3.8) is 0 Å². The van der Waals surface area contributed by atoms with Crippen molar-refractivity contribution in [2.75, 3.05) is 13.1 Å². The second-order valence-corrected chi connectivity index (χ2v) is 8.56. The van der Waals surface area contributed by atoms with Gasteiger partial charge in [0.2, 0.25) is 11.8 Å². The molecule has 2 aliphatic rings. The summed E-state index contributed by atoms with van der Waals surface area (Å²) in [6.45, 7) is 4.68. The summed E-state index contributed by atoms with van der Waals surface area (Å²) in [5.41, 5.74) is 0.954. The van der Waals surface area contributed by atoms with Crippen molar-refractivity contribution in [3.05, 3.63) is 42.2 Å². The highest BCUT2D eigenvalue weighted by Crippen LogP contribution is 2.38. The topological polar surface area (TPSA) is 75.4 Å². The molecule has 1 aromatic heterocycles. The predicted octanol–water partition coefficient (Wildman–Crippen LogP) is 3.18. The van der Waals surface area contributed by atoms with Crippen molar-refractivity contribution in [3.8, 4) is 11.3 Å². The van der Waals surface area contributed by atoms with Gasteiger partial charge in [0.1, 0.15) is 11.5 Å². The van der Waals surface area contributed by atoms with E-state index in [4.69, 9.17) is 4.52 Å². The van der Waals surface area contributed by atoms with Gasteiger partial charge in [0.15, 0.2) is 0 Å². The summed E-state index contributed by atoms with van der Waals surface area (Å²) in [6.07, 6.45) is 4.23. The van der Waals surface area contributed by atoms with Crippen molar-refractivity contribution in [1.82, 2.24) is 15.4 Å². The van der Waals surface area contributed by atoms with Crippen molar-refractivity contribution in [2.24, 2.45) is 5.41 Å². The van der Waals surface area contributed by atoms with E-state index < -0.39 is 5.41 Å². The van der Waals surface area contributed by atoms with Crippen molar-refractivity contribution in [1.29, 1.82) is 0 Å². The van der Waals surface area contributed by atoms with Crippen LogP contribution in [0.2, 0.25) is 0 Å². The average molecular weight is 381 g/mol. The van der Waals surface area contributed by atoms with Gasteiger partial charge in [-0.25, -0.2) is 0 Å². The van der Waals surface area contributed by atoms with E-state index in [0.717, 1.165) is 30.5 Å². The fraction of sp³-hybridized carbons (Fsp3) is 0.500. The lowest BCUT2D eigenvalue weighted by molar-refractivity contribution is -0.134. The maximum Gasteiger partial charge on any atom is 0.228 e. The number of hydrogen-bond donors (Lipinski definition) is 1. The maximum atomic E-state index is 13.3. The van der Waals surface area contributed by atoms with Crippen LogP contribution in [0.15, 0.2) is 40.9 Å². The summed E-state index contributed by atoms with van der Waals surface area (Å²) in [4.78, 5) is 27.0. The largest absolute Gasteiger partial charge is 0.361 e. The third-order valence-electron chi connectivity index (χ3n) is 6.29. The summed E-state index contributed by atoms with van der Waals surface area (Å²) in [7, 11) is 0. The van der Waals surface area contributed by atoms with E-state index in [2.05, 4.69) is 17.4 Å². The molecule has 0 radical (unpaired) electrons. The Hall–Kier alpha value is -2.63. The number of aromatic nitrogens is 1. The van der Waals surface area contributed by atoms with Crippen molar-refractivity contribution in [2.45, 2.75) is 51.5 Å². The highest BCUT2D eigenvalue weighted by Gasteiger charge is 2.48. The first-order valence-electron chi connectivity index (χ1n) is 9.98. The van der Waals surface area contributed by atoms with Gasteiger partial charge < -0.3 is 14.7 Å². The highest BCUT2D eigenvalue weighted by atomic mass is 16.5. The summed E-state index contributed by atoms with van der Waals surface area (Å²) < 4.78 is 5.59. The number of benzene rings is 1. The molecule has 1 saturated carbocycles. The normalized spacial score (nSPS) is 23.3. The Bertz CT molecular complexity index is 872. The molecule has 2 aromatic rings. The molecule has 1 atom stereocenters. The molecular weight excluding hydrogens is 354 g/mol. The van der Waals surface area contributed by atoms with E-state index in [1.54, 1.807) is 11.8 Å². The van der Waals surface area contributed by atoms with Gasteiger partial charge in [-0.15, -0.1) is 0 Å². The van der Waals surface area contributed by atoms with Crippen LogP contribution in [0, 0.1) is 5.41 Å². The van der Waals surface area contributed by atoms with Crippen LogP contribution >= 0.6 is 0 Å². The summed E-state index contributed by atoms with van der Waals surface area (Å²) >= 11 is 0. The van der Waals surface area contributed by atoms with Gasteiger partial charge in [-0.05, 0) is 32.6 Å². The molecule has 0 spiro atoms. The van der Waals surface area contributed by atoms with E-state index in [9.17, 15) is 9.59 Å². The van der Waals surface area contributed by atoms with Gasteiger partial charge in [-0.3, -0.25) is 9.59 Å². The fourth-order valence-electron chi connectivity index (χ4n) is 4.26. The smallest absolute Gasteiger partial charge is 0.228 e. The van der Waals surface area contributed by atoms with Crippen molar-refractivity contribution < 1.29 is 14.1 Å². The number of likely N-dealkylation sites (tertiary alicyclic amines) is 1. The molecule has 1 aromatic carbocycles. The Morgan fingerprint density at radius 1 is 1.21 bits per heavy atom. The molecule has 6 nitrogen and oxygen atoms in total. The lowest BCUT2D eigenvalue weighted by Crippen LogP contribution is -2.56. The van der Waals surface area contributed by atoms with Gasteiger partial charge in [-0.1, -0.05) is 35.5 Å². The molecule has 4 rings (SSSR count). The molecule has 0 bridgehead atoms. The number of carbonyl (C=O) groups excluding carboxylic acids is 2. The molecule has 148 valence electrons. The van der Waals surface area contributed by atoms with E-state index in [1.807, 2.05) is 36.4 Å². The molecule has 0 unspecified atom stereocenters. The zero-order chi connectivity index (χ0) is 19.8. The van der Waals surface area contributed by atoms with Crippen LogP contribution in [0.3, 0.4) is 0 Å². The van der Waals surface area contributed by atoms with E-state index in [1.165, 1.54) is 0 Å². The lowest BCUT2D eigenvalue weighted by Gasteiger charge is -2.42. The zero-order valence-electron chi connectivity index (χ0n) is 16.5. The van der Waals surface area contributed by atoms with Gasteiger partial charge in [0.05, 0.1) is 5.41 Å². The van der Waals surface area contributed by atoms with Crippen LogP contribution in [0.25, 0.3) is 11.3 Å². The molecule has 1 N–H and O–H groups in total. The van der Waals surface area contributed by atoms with Gasteiger partial charge in [0.25, 0.3) is 0 Å². The number of rotatable bonds is 5. The Morgan fingerprint density at radius 3 is 2.57 bits per heavy atom. The Kier molecular flexibility index (Phi) is 4.73. The van der Waals surface area contributed by atoms with Crippen LogP contribution in [0.1, 0.15) is 45.3 Å². The highest BCUT2D eigenvalue weighted by molar-refractivity contribution is 5.86. The van der Waals surface area contributed by atoms with Gasteiger partial charge >= 0.3 is 0 Å². The van der Waals surface area contributed by atoms with Crippen LogP contribution in [-0.4, -0.2) is 40.5 Å². The Morgan fingerprint density at radius 2 is 1.96 bits per heavy atom. The van der Waals surface area contributed by atoms with Crippen LogP contribution in [-0.2, 0) is 16.0 Å². The van der Waals surface area contributed by atoms with Crippen molar-refractivity contribution >= 4 is 11.8 Å². The molecule has 6 heteroatoms. The second kappa shape index (κ2) is 7.08. The average Bonchev–Trinajstić information content (AvgIpc) is 3.30. The summed E-state index contributed by atoms with van der Waals surface area (Å²) in [6, 6.07) is 11.7. The summed E-state index contributed by atoms with van der Waals surface area (Å²) in [5, 5.41) is 7.44. The molecule has 1 aliphatic heterocycles. The summed E-state index contributed by atoms with van der Waals surface area (Å²) in [5.74, 6) is 0.710. The number of amides is 2. The third-order valence-corrected chi connectivity index (χ3v) is 6.29. The van der Waals surface area contributed by atoms with E-state index >= 15 is 0 Å². The number of nitrogens with one attached hydrogen (secondary N) is 1. The monoisotopic (exact) mass is 381 g/mol. The first-order chi connectivity index (χ1) is 13.4. The minimum absolute atomic E-state index is 0.00655. The minimum atomic E-state index is -0.669. The Labute approximate surface area is 165 Å². The van der Waals surface area contributed by atoms with Gasteiger partial charge in [-0.2, -0.15) is 0 Å². The molecule has 1 saturated heterocycles. The molecule has 2 fully saturated rings. The molecule has 1 aliphatic carbocycles. The third kappa shape index (κ3) is 3.55. The second-order valence-electron chi connectivity index (χ2n) is 8.56. The van der Waals surface area contributed by atoms with Crippen LogP contribution in [0.4, 0.5) is 0 Å². The number of carbonyl (C=O) groups is 2. The van der Waals surface area contributed by atoms with E-state index in [-0.39, 0.29) is 17.4 Å². The molecular formula is C22H27N3O3. The van der Waals surface area contributed by atoms with E-state index in [0.29, 0.717) is 31.7 Å². The van der Waals surface area contributed by atoms with Crippen LogP contribution < -0.4 is 5.32 Å².